The van der Waals surface area contributed by atoms with Crippen LogP contribution in [0.1, 0.15) is 38.2 Å². The van der Waals surface area contributed by atoms with Crippen molar-refractivity contribution >= 4 is 23.5 Å². The van der Waals surface area contributed by atoms with Crippen molar-refractivity contribution in [2.45, 2.75) is 33.7 Å². The molecule has 5 nitrogen and oxygen atoms in total. The number of carbonyl (C=O) groups excluding carboxylic acids is 2. The molecule has 0 spiro atoms. The molecule has 0 saturated carbocycles. The monoisotopic (exact) mass is 326 g/mol. The summed E-state index contributed by atoms with van der Waals surface area (Å²) in [6.45, 7) is 7.99. The summed E-state index contributed by atoms with van der Waals surface area (Å²) in [4.78, 5) is 24.3. The van der Waals surface area contributed by atoms with E-state index in [1.54, 1.807) is 36.9 Å². The lowest BCUT2D eigenvalue weighted by atomic mass is 9.95. The van der Waals surface area contributed by atoms with Crippen molar-refractivity contribution in [1.29, 1.82) is 0 Å². The minimum Gasteiger partial charge on any atom is -0.464 e. The van der Waals surface area contributed by atoms with Crippen LogP contribution in [0.5, 0.6) is 0 Å². The van der Waals surface area contributed by atoms with Crippen LogP contribution in [-0.4, -0.2) is 29.1 Å². The Morgan fingerprint density at radius 3 is 2.55 bits per heavy atom. The number of nitrogens with zero attached hydrogens (tertiary/aromatic N) is 1. The summed E-state index contributed by atoms with van der Waals surface area (Å²) < 4.78 is 6.61. The van der Waals surface area contributed by atoms with Gasteiger partial charge >= 0.3 is 5.97 Å². The SMILES string of the molecule is CCOC(=O)C(C=CC(C)(C)C)NC(=O)c1cc(Cl)cn1C. The number of aromatic nitrogens is 1. The van der Waals surface area contributed by atoms with E-state index in [0.717, 1.165) is 0 Å². The molecule has 0 radical (unpaired) electrons. The summed E-state index contributed by atoms with van der Waals surface area (Å²) in [7, 11) is 1.71. The van der Waals surface area contributed by atoms with Crippen molar-refractivity contribution in [1.82, 2.24) is 9.88 Å². The number of amides is 1. The molecule has 0 fully saturated rings. The summed E-state index contributed by atoms with van der Waals surface area (Å²) in [5, 5.41) is 3.13. The Morgan fingerprint density at radius 2 is 2.09 bits per heavy atom. The second-order valence-corrected chi connectivity index (χ2v) is 6.52. The van der Waals surface area contributed by atoms with Crippen LogP contribution in [0.15, 0.2) is 24.4 Å². The summed E-state index contributed by atoms with van der Waals surface area (Å²) in [5.74, 6) is -0.873. The number of rotatable bonds is 5. The first kappa shape index (κ1) is 18.3. The molecule has 1 amide bonds. The molecule has 1 rings (SSSR count). The molecular formula is C16H23ClN2O3. The molecule has 0 bridgehead atoms. The fourth-order valence-corrected chi connectivity index (χ4v) is 2.02. The average Bonchev–Trinajstić information content (AvgIpc) is 2.72. The lowest BCUT2D eigenvalue weighted by molar-refractivity contribution is -0.144. The van der Waals surface area contributed by atoms with Crippen molar-refractivity contribution in [3.05, 3.63) is 35.1 Å². The lowest BCUT2D eigenvalue weighted by Crippen LogP contribution is -2.41. The van der Waals surface area contributed by atoms with Gasteiger partial charge in [-0.2, -0.15) is 0 Å². The van der Waals surface area contributed by atoms with Gasteiger partial charge in [0.15, 0.2) is 0 Å². The molecule has 1 N–H and O–H groups in total. The maximum absolute atomic E-state index is 12.3. The second-order valence-electron chi connectivity index (χ2n) is 6.08. The minimum absolute atomic E-state index is 0.107. The number of hydrogen-bond acceptors (Lipinski definition) is 3. The van der Waals surface area contributed by atoms with Crippen LogP contribution in [0.3, 0.4) is 0 Å². The number of aryl methyl sites for hydroxylation is 1. The normalized spacial score (nSPS) is 13.2. The van der Waals surface area contributed by atoms with Crippen molar-refractivity contribution in [3.8, 4) is 0 Å². The zero-order chi connectivity index (χ0) is 16.9. The standard InChI is InChI=1S/C16H23ClN2O3/c1-6-22-15(21)12(7-8-16(2,3)4)18-14(20)13-9-11(17)10-19(13)5/h7-10,12H,6H2,1-5H3,(H,18,20). The summed E-state index contributed by atoms with van der Waals surface area (Å²) in [5.41, 5.74) is 0.271. The maximum atomic E-state index is 12.3. The Bertz CT molecular complexity index is 570. The van der Waals surface area contributed by atoms with E-state index in [0.29, 0.717) is 10.7 Å². The van der Waals surface area contributed by atoms with Gasteiger partial charge in [0.05, 0.1) is 11.6 Å². The highest BCUT2D eigenvalue weighted by Crippen LogP contribution is 2.16. The highest BCUT2D eigenvalue weighted by atomic mass is 35.5. The Kier molecular flexibility index (Phi) is 6.23. The largest absolute Gasteiger partial charge is 0.464 e. The zero-order valence-corrected chi connectivity index (χ0v) is 14.4. The van der Waals surface area contributed by atoms with Crippen molar-refractivity contribution in [2.24, 2.45) is 12.5 Å². The third-order valence-electron chi connectivity index (χ3n) is 2.82. The molecule has 122 valence electrons. The van der Waals surface area contributed by atoms with Gasteiger partial charge in [-0.25, -0.2) is 4.79 Å². The third-order valence-corrected chi connectivity index (χ3v) is 3.03. The molecule has 0 aliphatic rings. The van der Waals surface area contributed by atoms with E-state index in [1.807, 2.05) is 26.8 Å². The molecule has 1 aromatic heterocycles. The topological polar surface area (TPSA) is 60.3 Å². The number of nitrogens with one attached hydrogen (secondary N) is 1. The quantitative estimate of drug-likeness (QED) is 0.668. The maximum Gasteiger partial charge on any atom is 0.332 e. The lowest BCUT2D eigenvalue weighted by Gasteiger charge is -2.17. The van der Waals surface area contributed by atoms with E-state index >= 15 is 0 Å². The molecule has 0 aliphatic carbocycles. The predicted octanol–water partition coefficient (Wildman–Crippen LogP) is 2.94. The van der Waals surface area contributed by atoms with Crippen LogP contribution in [-0.2, 0) is 16.6 Å². The van der Waals surface area contributed by atoms with Crippen molar-refractivity contribution in [2.75, 3.05) is 6.61 Å². The zero-order valence-electron chi connectivity index (χ0n) is 13.6. The van der Waals surface area contributed by atoms with Gasteiger partial charge < -0.3 is 14.6 Å². The first-order valence-corrected chi connectivity index (χ1v) is 7.50. The highest BCUT2D eigenvalue weighted by molar-refractivity contribution is 6.31. The molecule has 1 atom stereocenters. The number of allylic oxidation sites excluding steroid dienone is 1. The number of esters is 1. The predicted molar refractivity (Wildman–Crippen MR) is 86.9 cm³/mol. The number of halogens is 1. The molecule has 0 aromatic carbocycles. The fraction of sp³-hybridized carbons (Fsp3) is 0.500. The minimum atomic E-state index is -0.833. The van der Waals surface area contributed by atoms with Gasteiger partial charge in [0.1, 0.15) is 11.7 Å². The van der Waals surface area contributed by atoms with E-state index in [2.05, 4.69) is 5.32 Å². The van der Waals surface area contributed by atoms with Crippen LogP contribution < -0.4 is 5.32 Å². The van der Waals surface area contributed by atoms with Gasteiger partial charge in [-0.05, 0) is 18.4 Å². The van der Waals surface area contributed by atoms with Crippen molar-refractivity contribution < 1.29 is 14.3 Å². The van der Waals surface area contributed by atoms with Crippen LogP contribution in [0.25, 0.3) is 0 Å². The van der Waals surface area contributed by atoms with Crippen LogP contribution in [0.2, 0.25) is 5.02 Å². The van der Waals surface area contributed by atoms with Crippen LogP contribution in [0, 0.1) is 5.41 Å². The van der Waals surface area contributed by atoms with Crippen LogP contribution in [0.4, 0.5) is 0 Å². The van der Waals surface area contributed by atoms with E-state index in [4.69, 9.17) is 16.3 Å². The molecule has 1 aromatic rings. The summed E-state index contributed by atoms with van der Waals surface area (Å²) >= 11 is 5.87. The Balaban J connectivity index is 2.92. The Morgan fingerprint density at radius 1 is 1.45 bits per heavy atom. The average molecular weight is 327 g/mol. The van der Waals surface area contributed by atoms with Gasteiger partial charge in [0.2, 0.25) is 0 Å². The Labute approximate surface area is 136 Å². The van der Waals surface area contributed by atoms with Gasteiger partial charge in [-0.1, -0.05) is 44.5 Å². The first-order chi connectivity index (χ1) is 10.1. The van der Waals surface area contributed by atoms with E-state index in [-0.39, 0.29) is 17.9 Å². The van der Waals surface area contributed by atoms with Crippen molar-refractivity contribution in [3.63, 3.8) is 0 Å². The summed E-state index contributed by atoms with van der Waals surface area (Å²) in [6.07, 6.45) is 5.15. The number of carbonyl (C=O) groups is 2. The van der Waals surface area contributed by atoms with Gasteiger partial charge in [0.25, 0.3) is 5.91 Å². The smallest absolute Gasteiger partial charge is 0.332 e. The molecule has 0 saturated heterocycles. The van der Waals surface area contributed by atoms with Gasteiger partial charge in [-0.15, -0.1) is 0 Å². The molecule has 0 aliphatic heterocycles. The third kappa shape index (κ3) is 5.56. The van der Waals surface area contributed by atoms with Gasteiger partial charge in [0, 0.05) is 13.2 Å². The first-order valence-electron chi connectivity index (χ1n) is 7.12. The molecular weight excluding hydrogens is 304 g/mol. The second kappa shape index (κ2) is 7.49. The molecule has 22 heavy (non-hydrogen) atoms. The summed E-state index contributed by atoms with van der Waals surface area (Å²) in [6, 6.07) is 0.715. The Hall–Kier alpha value is -1.75. The number of ether oxygens (including phenoxy) is 1. The molecule has 1 unspecified atom stereocenters. The van der Waals surface area contributed by atoms with E-state index in [9.17, 15) is 9.59 Å². The number of hydrogen-bond donors (Lipinski definition) is 1. The molecule has 6 heteroatoms. The highest BCUT2D eigenvalue weighted by Gasteiger charge is 2.22. The fourth-order valence-electron chi connectivity index (χ4n) is 1.77. The van der Waals surface area contributed by atoms with E-state index < -0.39 is 12.0 Å². The van der Waals surface area contributed by atoms with Crippen LogP contribution >= 0.6 is 11.6 Å². The van der Waals surface area contributed by atoms with E-state index in [1.165, 1.54) is 0 Å². The van der Waals surface area contributed by atoms with Gasteiger partial charge in [-0.3, -0.25) is 4.79 Å². The molecule has 1 heterocycles.